The number of primary amides is 1. The third kappa shape index (κ3) is 3.51. The summed E-state index contributed by atoms with van der Waals surface area (Å²) in [5.74, 6) is -0.622. The first-order chi connectivity index (χ1) is 7.15. The van der Waals surface area contributed by atoms with Gasteiger partial charge >= 0.3 is 0 Å². The summed E-state index contributed by atoms with van der Waals surface area (Å²) in [7, 11) is 1.43. The molecule has 1 heterocycles. The van der Waals surface area contributed by atoms with Gasteiger partial charge in [-0.2, -0.15) is 0 Å². The van der Waals surface area contributed by atoms with E-state index in [0.717, 1.165) is 32.4 Å². The SMILES string of the molecule is COC(CC(N)=O)C(=O)N1CCCCC1. The zero-order valence-corrected chi connectivity index (χ0v) is 9.07. The Bertz CT molecular complexity index is 237. The molecule has 5 heteroatoms. The summed E-state index contributed by atoms with van der Waals surface area (Å²) in [6.07, 6.45) is 2.47. The average molecular weight is 214 g/mol. The number of ether oxygens (including phenoxy) is 1. The van der Waals surface area contributed by atoms with Crippen molar-refractivity contribution in [1.29, 1.82) is 0 Å². The van der Waals surface area contributed by atoms with Crippen molar-refractivity contribution in [2.75, 3.05) is 20.2 Å². The first-order valence-electron chi connectivity index (χ1n) is 5.25. The molecule has 0 aliphatic carbocycles. The summed E-state index contributed by atoms with van der Waals surface area (Å²) >= 11 is 0. The summed E-state index contributed by atoms with van der Waals surface area (Å²) in [5.41, 5.74) is 5.05. The van der Waals surface area contributed by atoms with Crippen LogP contribution in [0.1, 0.15) is 25.7 Å². The lowest BCUT2D eigenvalue weighted by Crippen LogP contribution is -2.44. The third-order valence-corrected chi connectivity index (χ3v) is 2.61. The normalized spacial score (nSPS) is 18.6. The van der Waals surface area contributed by atoms with Gasteiger partial charge < -0.3 is 15.4 Å². The Labute approximate surface area is 89.6 Å². The van der Waals surface area contributed by atoms with Crippen LogP contribution < -0.4 is 5.73 Å². The van der Waals surface area contributed by atoms with Crippen molar-refractivity contribution < 1.29 is 14.3 Å². The fraction of sp³-hybridized carbons (Fsp3) is 0.800. The summed E-state index contributed by atoms with van der Waals surface area (Å²) in [4.78, 5) is 24.3. The molecular weight excluding hydrogens is 196 g/mol. The molecule has 5 nitrogen and oxygen atoms in total. The van der Waals surface area contributed by atoms with Gasteiger partial charge in [0.15, 0.2) is 0 Å². The Kier molecular flexibility index (Phi) is 4.55. The molecule has 0 aromatic carbocycles. The van der Waals surface area contributed by atoms with E-state index in [1.54, 1.807) is 4.90 Å². The number of piperidine rings is 1. The third-order valence-electron chi connectivity index (χ3n) is 2.61. The highest BCUT2D eigenvalue weighted by atomic mass is 16.5. The van der Waals surface area contributed by atoms with Gasteiger partial charge in [-0.05, 0) is 19.3 Å². The standard InChI is InChI=1S/C10H18N2O3/c1-15-8(7-9(11)13)10(14)12-5-3-2-4-6-12/h8H,2-7H2,1H3,(H2,11,13). The highest BCUT2D eigenvalue weighted by molar-refractivity contribution is 5.87. The van der Waals surface area contributed by atoms with Gasteiger partial charge in [0, 0.05) is 20.2 Å². The van der Waals surface area contributed by atoms with Crippen LogP contribution >= 0.6 is 0 Å². The monoisotopic (exact) mass is 214 g/mol. The number of carbonyl (C=O) groups excluding carboxylic acids is 2. The van der Waals surface area contributed by atoms with Gasteiger partial charge in [0.05, 0.1) is 6.42 Å². The van der Waals surface area contributed by atoms with Gasteiger partial charge in [0.2, 0.25) is 5.91 Å². The van der Waals surface area contributed by atoms with Gasteiger partial charge in [-0.3, -0.25) is 9.59 Å². The summed E-state index contributed by atoms with van der Waals surface area (Å²) < 4.78 is 4.98. The lowest BCUT2D eigenvalue weighted by atomic mass is 10.1. The summed E-state index contributed by atoms with van der Waals surface area (Å²) in [6, 6.07) is 0. The maximum absolute atomic E-state index is 11.9. The van der Waals surface area contributed by atoms with Crippen LogP contribution in [0.15, 0.2) is 0 Å². The smallest absolute Gasteiger partial charge is 0.252 e. The van der Waals surface area contributed by atoms with Crippen LogP contribution in [0.4, 0.5) is 0 Å². The average Bonchev–Trinajstić information content (AvgIpc) is 2.26. The lowest BCUT2D eigenvalue weighted by molar-refractivity contribution is -0.145. The van der Waals surface area contributed by atoms with Gasteiger partial charge in [-0.15, -0.1) is 0 Å². The van der Waals surface area contributed by atoms with Crippen LogP contribution in [0.3, 0.4) is 0 Å². The van der Waals surface area contributed by atoms with Crippen molar-refractivity contribution in [1.82, 2.24) is 4.90 Å². The Balaban J connectivity index is 2.50. The number of likely N-dealkylation sites (tertiary alicyclic amines) is 1. The van der Waals surface area contributed by atoms with Crippen LogP contribution in [-0.2, 0) is 14.3 Å². The minimum atomic E-state index is -0.708. The molecule has 0 aromatic heterocycles. The maximum Gasteiger partial charge on any atom is 0.252 e. The molecule has 1 aliphatic heterocycles. The minimum Gasteiger partial charge on any atom is -0.371 e. The van der Waals surface area contributed by atoms with Gasteiger partial charge in [-0.25, -0.2) is 0 Å². The van der Waals surface area contributed by atoms with E-state index in [9.17, 15) is 9.59 Å². The summed E-state index contributed by atoms with van der Waals surface area (Å²) in [5, 5.41) is 0. The maximum atomic E-state index is 11.9. The molecule has 0 spiro atoms. The number of methoxy groups -OCH3 is 1. The molecule has 86 valence electrons. The lowest BCUT2D eigenvalue weighted by Gasteiger charge is -2.29. The Morgan fingerprint density at radius 2 is 1.93 bits per heavy atom. The van der Waals surface area contributed by atoms with E-state index in [4.69, 9.17) is 10.5 Å². The molecule has 0 aromatic rings. The molecule has 1 atom stereocenters. The number of nitrogens with two attached hydrogens (primary N) is 1. The Morgan fingerprint density at radius 3 is 2.40 bits per heavy atom. The number of rotatable bonds is 4. The largest absolute Gasteiger partial charge is 0.371 e. The molecular formula is C10H18N2O3. The number of hydrogen-bond donors (Lipinski definition) is 1. The molecule has 2 N–H and O–H groups in total. The van der Waals surface area contributed by atoms with E-state index in [1.807, 2.05) is 0 Å². The van der Waals surface area contributed by atoms with Crippen molar-refractivity contribution in [2.45, 2.75) is 31.8 Å². The molecule has 1 unspecified atom stereocenters. The molecule has 2 amide bonds. The highest BCUT2D eigenvalue weighted by Crippen LogP contribution is 2.12. The predicted molar refractivity (Wildman–Crippen MR) is 55.0 cm³/mol. The van der Waals surface area contributed by atoms with Crippen molar-refractivity contribution >= 4 is 11.8 Å². The Morgan fingerprint density at radius 1 is 1.33 bits per heavy atom. The van der Waals surface area contributed by atoms with Crippen LogP contribution in [0.2, 0.25) is 0 Å². The second-order valence-electron chi connectivity index (χ2n) is 3.78. The molecule has 0 bridgehead atoms. The van der Waals surface area contributed by atoms with E-state index in [-0.39, 0.29) is 12.3 Å². The second-order valence-corrected chi connectivity index (χ2v) is 3.78. The molecule has 0 saturated carbocycles. The van der Waals surface area contributed by atoms with Crippen molar-refractivity contribution in [3.05, 3.63) is 0 Å². The topological polar surface area (TPSA) is 72.6 Å². The summed E-state index contributed by atoms with van der Waals surface area (Å²) in [6.45, 7) is 1.52. The van der Waals surface area contributed by atoms with Crippen molar-refractivity contribution in [3.63, 3.8) is 0 Å². The zero-order chi connectivity index (χ0) is 11.3. The second kappa shape index (κ2) is 5.70. The number of nitrogens with zero attached hydrogens (tertiary/aromatic N) is 1. The molecule has 15 heavy (non-hydrogen) atoms. The van der Waals surface area contributed by atoms with Crippen molar-refractivity contribution in [3.8, 4) is 0 Å². The fourth-order valence-corrected chi connectivity index (χ4v) is 1.77. The van der Waals surface area contributed by atoms with Crippen LogP contribution in [0.25, 0.3) is 0 Å². The molecule has 1 rings (SSSR count). The molecule has 1 fully saturated rings. The zero-order valence-electron chi connectivity index (χ0n) is 9.07. The quantitative estimate of drug-likeness (QED) is 0.709. The fourth-order valence-electron chi connectivity index (χ4n) is 1.77. The van der Waals surface area contributed by atoms with E-state index in [1.165, 1.54) is 7.11 Å². The van der Waals surface area contributed by atoms with E-state index in [2.05, 4.69) is 0 Å². The Hall–Kier alpha value is -1.10. The van der Waals surface area contributed by atoms with Gasteiger partial charge in [0.25, 0.3) is 5.91 Å². The highest BCUT2D eigenvalue weighted by Gasteiger charge is 2.26. The van der Waals surface area contributed by atoms with Gasteiger partial charge in [0.1, 0.15) is 6.10 Å². The van der Waals surface area contributed by atoms with E-state index >= 15 is 0 Å². The molecule has 1 aliphatic rings. The minimum absolute atomic E-state index is 0.0359. The van der Waals surface area contributed by atoms with Crippen LogP contribution in [-0.4, -0.2) is 43.0 Å². The number of amides is 2. The molecule has 1 saturated heterocycles. The molecule has 0 radical (unpaired) electrons. The number of carbonyl (C=O) groups is 2. The first-order valence-corrected chi connectivity index (χ1v) is 5.25. The first kappa shape index (κ1) is 12.0. The number of hydrogen-bond acceptors (Lipinski definition) is 3. The van der Waals surface area contributed by atoms with Crippen molar-refractivity contribution in [2.24, 2.45) is 5.73 Å². The van der Waals surface area contributed by atoms with Gasteiger partial charge in [-0.1, -0.05) is 0 Å². The van der Waals surface area contributed by atoms with Crippen LogP contribution in [0, 0.1) is 0 Å². The van der Waals surface area contributed by atoms with Crippen LogP contribution in [0.5, 0.6) is 0 Å². The van der Waals surface area contributed by atoms with E-state index in [0.29, 0.717) is 0 Å². The van der Waals surface area contributed by atoms with E-state index < -0.39 is 12.0 Å². The predicted octanol–water partition coefficient (Wildman–Crippen LogP) is -0.111.